The number of carbonyl (C=O) groups excluding carboxylic acids is 1. The fraction of sp³-hybridized carbons (Fsp3) is 0.611. The van der Waals surface area contributed by atoms with Crippen LogP contribution < -0.4 is 5.32 Å². The number of hydrogen-bond acceptors (Lipinski definition) is 3. The van der Waals surface area contributed by atoms with Gasteiger partial charge >= 0.3 is 0 Å². The van der Waals surface area contributed by atoms with Crippen LogP contribution in [-0.4, -0.2) is 61.1 Å². The van der Waals surface area contributed by atoms with E-state index in [1.165, 1.54) is 12.1 Å². The lowest BCUT2D eigenvalue weighted by Crippen LogP contribution is -2.52. The molecule has 0 spiro atoms. The van der Waals surface area contributed by atoms with E-state index in [9.17, 15) is 13.6 Å². The van der Waals surface area contributed by atoms with E-state index in [0.717, 1.165) is 45.6 Å². The molecule has 0 saturated carbocycles. The van der Waals surface area contributed by atoms with Gasteiger partial charge in [0.15, 0.2) is 0 Å². The van der Waals surface area contributed by atoms with Crippen molar-refractivity contribution < 1.29 is 13.6 Å². The Bertz CT molecular complexity index is 519. The molecule has 134 valence electrons. The fourth-order valence-electron chi connectivity index (χ4n) is 2.96. The van der Waals surface area contributed by atoms with Gasteiger partial charge < -0.3 is 10.2 Å². The minimum Gasteiger partial charge on any atom is -0.325 e. The number of carbonyl (C=O) groups is 1. The highest BCUT2D eigenvalue weighted by molar-refractivity contribution is 5.94. The number of nitrogens with zero attached hydrogens (tertiary/aromatic N) is 2. The van der Waals surface area contributed by atoms with E-state index in [0.29, 0.717) is 12.1 Å². The number of benzene rings is 1. The lowest BCUT2D eigenvalue weighted by molar-refractivity contribution is -0.121. The van der Waals surface area contributed by atoms with Gasteiger partial charge in [-0.2, -0.15) is 0 Å². The number of piperazine rings is 1. The van der Waals surface area contributed by atoms with Crippen molar-refractivity contribution in [1.82, 2.24) is 9.80 Å². The Kier molecular flexibility index (Phi) is 7.59. The minimum absolute atomic E-state index is 0.114. The second-order valence-corrected chi connectivity index (χ2v) is 6.30. The van der Waals surface area contributed by atoms with Crippen molar-refractivity contribution in [3.8, 4) is 0 Å². The summed E-state index contributed by atoms with van der Waals surface area (Å²) in [7, 11) is 0. The van der Waals surface area contributed by atoms with Crippen LogP contribution in [0.2, 0.25) is 0 Å². The smallest absolute Gasteiger partial charge is 0.241 e. The topological polar surface area (TPSA) is 35.6 Å². The molecule has 1 atom stereocenters. The summed E-state index contributed by atoms with van der Waals surface area (Å²) in [5.41, 5.74) is 0.485. The summed E-state index contributed by atoms with van der Waals surface area (Å²) < 4.78 is 25.3. The van der Waals surface area contributed by atoms with Crippen molar-refractivity contribution in [1.29, 1.82) is 0 Å². The molecular formula is C18H27F2N3O. The van der Waals surface area contributed by atoms with Gasteiger partial charge in [0.25, 0.3) is 0 Å². The molecule has 0 unspecified atom stereocenters. The molecule has 1 aliphatic rings. The van der Waals surface area contributed by atoms with Crippen LogP contribution in [-0.2, 0) is 4.79 Å². The second-order valence-electron chi connectivity index (χ2n) is 6.30. The van der Waals surface area contributed by atoms with Gasteiger partial charge in [-0.15, -0.1) is 0 Å². The van der Waals surface area contributed by atoms with Crippen LogP contribution in [0.1, 0.15) is 26.2 Å². The highest BCUT2D eigenvalue weighted by Gasteiger charge is 2.25. The zero-order valence-electron chi connectivity index (χ0n) is 14.3. The molecule has 1 saturated heterocycles. The maximum absolute atomic E-state index is 13.2. The van der Waals surface area contributed by atoms with Crippen LogP contribution in [0.25, 0.3) is 0 Å². The largest absolute Gasteiger partial charge is 0.325 e. The molecule has 1 N–H and O–H groups in total. The van der Waals surface area contributed by atoms with E-state index in [1.54, 1.807) is 12.1 Å². The van der Waals surface area contributed by atoms with Crippen LogP contribution in [0.5, 0.6) is 0 Å². The van der Waals surface area contributed by atoms with Gasteiger partial charge in [0.1, 0.15) is 5.82 Å². The molecule has 1 amide bonds. The Labute approximate surface area is 142 Å². The summed E-state index contributed by atoms with van der Waals surface area (Å²) in [6.07, 6.45) is 2.61. The molecule has 6 heteroatoms. The summed E-state index contributed by atoms with van der Waals surface area (Å²) in [5, 5.41) is 2.77. The van der Waals surface area contributed by atoms with E-state index < -0.39 is 0 Å². The molecule has 0 aromatic heterocycles. The summed E-state index contributed by atoms with van der Waals surface area (Å²) in [5.74, 6) is -0.473. The van der Waals surface area contributed by atoms with Gasteiger partial charge in [-0.25, -0.2) is 4.39 Å². The first kappa shape index (κ1) is 18.8. The Morgan fingerprint density at radius 3 is 2.62 bits per heavy atom. The predicted molar refractivity (Wildman–Crippen MR) is 92.3 cm³/mol. The molecule has 1 aromatic carbocycles. The second kappa shape index (κ2) is 9.69. The average molecular weight is 339 g/mol. The molecule has 1 fully saturated rings. The first-order valence-electron chi connectivity index (χ1n) is 8.69. The maximum Gasteiger partial charge on any atom is 0.241 e. The van der Waals surface area contributed by atoms with E-state index >= 15 is 0 Å². The quantitative estimate of drug-likeness (QED) is 0.740. The highest BCUT2D eigenvalue weighted by Crippen LogP contribution is 2.13. The molecule has 1 aliphatic heterocycles. The van der Waals surface area contributed by atoms with Gasteiger partial charge in [0.2, 0.25) is 5.91 Å². The van der Waals surface area contributed by atoms with Gasteiger partial charge in [-0.3, -0.25) is 14.1 Å². The Morgan fingerprint density at radius 2 is 1.96 bits per heavy atom. The number of amides is 1. The molecule has 4 nitrogen and oxygen atoms in total. The van der Waals surface area contributed by atoms with Crippen molar-refractivity contribution in [3.63, 3.8) is 0 Å². The monoisotopic (exact) mass is 339 g/mol. The van der Waals surface area contributed by atoms with E-state index in [2.05, 4.69) is 15.1 Å². The van der Waals surface area contributed by atoms with Gasteiger partial charge in [-0.05, 0) is 50.9 Å². The Morgan fingerprint density at radius 1 is 1.21 bits per heavy atom. The van der Waals surface area contributed by atoms with Crippen molar-refractivity contribution in [2.75, 3.05) is 44.7 Å². The van der Waals surface area contributed by atoms with Crippen LogP contribution in [0, 0.1) is 5.82 Å². The number of rotatable bonds is 8. The van der Waals surface area contributed by atoms with Crippen molar-refractivity contribution in [2.45, 2.75) is 32.2 Å². The van der Waals surface area contributed by atoms with Crippen LogP contribution in [0.3, 0.4) is 0 Å². The average Bonchev–Trinajstić information content (AvgIpc) is 2.58. The third-order valence-corrected chi connectivity index (χ3v) is 4.53. The maximum atomic E-state index is 13.2. The molecule has 0 radical (unpaired) electrons. The summed E-state index contributed by atoms with van der Waals surface area (Å²) in [4.78, 5) is 16.8. The third-order valence-electron chi connectivity index (χ3n) is 4.53. The Hall–Kier alpha value is -1.53. The zero-order chi connectivity index (χ0) is 17.4. The van der Waals surface area contributed by atoms with E-state index in [1.807, 2.05) is 6.92 Å². The number of anilines is 1. The lowest BCUT2D eigenvalue weighted by atomic mass is 10.2. The normalized spacial score (nSPS) is 17.6. The van der Waals surface area contributed by atoms with Gasteiger partial charge in [0.05, 0.1) is 12.7 Å². The predicted octanol–water partition coefficient (Wildman–Crippen LogP) is 2.91. The standard InChI is InChI=1S/C18H27F2N3O/c1-15(18(24)21-17-7-5-6-16(20)14-17)23-12-10-22(11-13-23)9-4-2-3-8-19/h5-7,14-15H,2-4,8-13H2,1H3,(H,21,24)/t15-/m0/s1. The molecule has 0 bridgehead atoms. The van der Waals surface area contributed by atoms with Crippen molar-refractivity contribution in [3.05, 3.63) is 30.1 Å². The first-order valence-corrected chi connectivity index (χ1v) is 8.69. The molecule has 24 heavy (non-hydrogen) atoms. The molecule has 0 aliphatic carbocycles. The minimum atomic E-state index is -0.359. The summed E-state index contributed by atoms with van der Waals surface area (Å²) in [6.45, 7) is 6.16. The van der Waals surface area contributed by atoms with Crippen LogP contribution in [0.4, 0.5) is 14.5 Å². The van der Waals surface area contributed by atoms with Crippen LogP contribution >= 0.6 is 0 Å². The molecule has 2 rings (SSSR count). The summed E-state index contributed by atoms with van der Waals surface area (Å²) in [6, 6.07) is 5.69. The number of halogens is 2. The van der Waals surface area contributed by atoms with Crippen molar-refractivity contribution in [2.24, 2.45) is 0 Å². The van der Waals surface area contributed by atoms with Crippen LogP contribution in [0.15, 0.2) is 24.3 Å². The van der Waals surface area contributed by atoms with Crippen molar-refractivity contribution >= 4 is 11.6 Å². The Balaban J connectivity index is 1.73. The molecule has 1 aromatic rings. The first-order chi connectivity index (χ1) is 11.6. The number of hydrogen-bond donors (Lipinski definition) is 1. The van der Waals surface area contributed by atoms with Gasteiger partial charge in [0, 0.05) is 31.9 Å². The molecular weight excluding hydrogens is 312 g/mol. The van der Waals surface area contributed by atoms with Gasteiger partial charge in [-0.1, -0.05) is 6.07 Å². The SMILES string of the molecule is C[C@@H](C(=O)Nc1cccc(F)c1)N1CCN(CCCCCF)CC1. The lowest BCUT2D eigenvalue weighted by Gasteiger charge is -2.37. The summed E-state index contributed by atoms with van der Waals surface area (Å²) >= 11 is 0. The highest BCUT2D eigenvalue weighted by atomic mass is 19.1. The number of unbranched alkanes of at least 4 members (excludes halogenated alkanes) is 2. The third kappa shape index (κ3) is 5.83. The number of nitrogens with one attached hydrogen (secondary N) is 1. The number of alkyl halides is 1. The molecule has 1 heterocycles. The van der Waals surface area contributed by atoms with E-state index in [4.69, 9.17) is 0 Å². The van der Waals surface area contributed by atoms with E-state index in [-0.39, 0.29) is 24.4 Å². The zero-order valence-corrected chi connectivity index (χ0v) is 14.3. The fourth-order valence-corrected chi connectivity index (χ4v) is 2.96.